The fraction of sp³-hybridized carbons (Fsp3) is 0.250. The van der Waals surface area contributed by atoms with E-state index in [9.17, 15) is 14.4 Å². The third-order valence-electron chi connectivity index (χ3n) is 5.93. The van der Waals surface area contributed by atoms with Crippen molar-refractivity contribution in [1.82, 2.24) is 15.1 Å². The maximum Gasteiger partial charge on any atom is 0.253 e. The second kappa shape index (κ2) is 8.55. The summed E-state index contributed by atoms with van der Waals surface area (Å²) in [4.78, 5) is 37.3. The molecule has 0 saturated carbocycles. The number of carbonyl (C=O) groups is 3. The van der Waals surface area contributed by atoms with Crippen molar-refractivity contribution < 1.29 is 14.4 Å². The van der Waals surface area contributed by atoms with Crippen LogP contribution in [0.1, 0.15) is 43.4 Å². The van der Waals surface area contributed by atoms with Gasteiger partial charge in [0.05, 0.1) is 5.41 Å². The van der Waals surface area contributed by atoms with Gasteiger partial charge < -0.3 is 5.32 Å². The average molecular weight is 416 g/mol. The zero-order chi connectivity index (χ0) is 21.8. The molecule has 31 heavy (non-hydrogen) atoms. The van der Waals surface area contributed by atoms with E-state index in [1.807, 2.05) is 49.4 Å². The van der Waals surface area contributed by atoms with E-state index in [4.69, 9.17) is 0 Å². The third-order valence-corrected chi connectivity index (χ3v) is 5.93. The summed E-state index contributed by atoms with van der Waals surface area (Å²) in [5, 5.41) is 9.66. The summed E-state index contributed by atoms with van der Waals surface area (Å²) < 4.78 is 1.62. The van der Waals surface area contributed by atoms with Crippen LogP contribution in [0.2, 0.25) is 0 Å². The van der Waals surface area contributed by atoms with Gasteiger partial charge in [0, 0.05) is 24.5 Å². The molecule has 2 atom stereocenters. The fourth-order valence-electron chi connectivity index (χ4n) is 4.14. The first-order chi connectivity index (χ1) is 15.0. The highest BCUT2D eigenvalue weighted by Crippen LogP contribution is 2.36. The van der Waals surface area contributed by atoms with Crippen molar-refractivity contribution >= 4 is 23.4 Å². The minimum absolute atomic E-state index is 0.214. The van der Waals surface area contributed by atoms with Crippen LogP contribution in [-0.2, 0) is 19.8 Å². The van der Waals surface area contributed by atoms with Crippen LogP contribution < -0.4 is 10.6 Å². The van der Waals surface area contributed by atoms with Gasteiger partial charge in [0.2, 0.25) is 11.8 Å². The molecule has 0 radical (unpaired) electrons. The van der Waals surface area contributed by atoms with Crippen LogP contribution in [0.5, 0.6) is 0 Å². The molecule has 2 heterocycles. The molecule has 0 spiro atoms. The summed E-state index contributed by atoms with van der Waals surface area (Å²) >= 11 is 0. The van der Waals surface area contributed by atoms with Crippen molar-refractivity contribution in [2.24, 2.45) is 0 Å². The molecule has 1 fully saturated rings. The molecule has 0 bridgehead atoms. The number of nitrogens with zero attached hydrogens (tertiary/aromatic N) is 2. The second-order valence-corrected chi connectivity index (χ2v) is 7.68. The largest absolute Gasteiger partial charge is 0.324 e. The number of imide groups is 1. The van der Waals surface area contributed by atoms with Gasteiger partial charge in [-0.25, -0.2) is 0 Å². The van der Waals surface area contributed by atoms with Gasteiger partial charge >= 0.3 is 0 Å². The van der Waals surface area contributed by atoms with E-state index in [1.54, 1.807) is 35.3 Å². The van der Waals surface area contributed by atoms with Crippen LogP contribution in [0.15, 0.2) is 73.1 Å². The Morgan fingerprint density at radius 3 is 2.48 bits per heavy atom. The van der Waals surface area contributed by atoms with Gasteiger partial charge in [0.1, 0.15) is 0 Å². The maximum atomic E-state index is 13.1. The first-order valence-corrected chi connectivity index (χ1v) is 10.3. The van der Waals surface area contributed by atoms with E-state index in [0.717, 1.165) is 11.1 Å². The Hall–Kier alpha value is -3.74. The number of anilines is 1. The molecule has 3 aromatic rings. The molecule has 0 aliphatic carbocycles. The zero-order valence-corrected chi connectivity index (χ0v) is 17.2. The van der Waals surface area contributed by atoms with Gasteiger partial charge in [0.25, 0.3) is 5.91 Å². The summed E-state index contributed by atoms with van der Waals surface area (Å²) in [7, 11) is 0. The first kappa shape index (κ1) is 20.5. The van der Waals surface area contributed by atoms with Crippen molar-refractivity contribution in [2.45, 2.75) is 37.6 Å². The molecule has 1 aliphatic heterocycles. The lowest BCUT2D eigenvalue weighted by Gasteiger charge is -2.35. The first-order valence-electron chi connectivity index (χ1n) is 10.3. The number of piperidine rings is 1. The minimum atomic E-state index is -0.724. The molecule has 7 nitrogen and oxygen atoms in total. The molecule has 1 saturated heterocycles. The van der Waals surface area contributed by atoms with Crippen molar-refractivity contribution in [2.75, 3.05) is 5.32 Å². The molecule has 4 rings (SSSR count). The number of nitrogens with one attached hydrogen (secondary N) is 2. The van der Waals surface area contributed by atoms with Crippen molar-refractivity contribution in [1.29, 1.82) is 0 Å². The van der Waals surface area contributed by atoms with Crippen LogP contribution in [0, 0.1) is 0 Å². The van der Waals surface area contributed by atoms with E-state index < -0.39 is 11.5 Å². The van der Waals surface area contributed by atoms with Crippen LogP contribution in [-0.4, -0.2) is 27.5 Å². The smallest absolute Gasteiger partial charge is 0.253 e. The van der Waals surface area contributed by atoms with E-state index in [-0.39, 0.29) is 17.7 Å². The SMILES string of the molecule is CCC1(c2ccc(NC(=O)C(c3ccccc3)n3cccn3)cc2)CCC(=O)NC1=O. The number of amides is 3. The van der Waals surface area contributed by atoms with E-state index in [1.165, 1.54) is 0 Å². The lowest BCUT2D eigenvalue weighted by atomic mass is 9.72. The van der Waals surface area contributed by atoms with E-state index in [2.05, 4.69) is 15.7 Å². The highest BCUT2D eigenvalue weighted by molar-refractivity contribution is 6.03. The summed E-state index contributed by atoms with van der Waals surface area (Å²) in [6, 6.07) is 17.9. The molecule has 1 aliphatic rings. The van der Waals surface area contributed by atoms with Crippen LogP contribution in [0.3, 0.4) is 0 Å². The van der Waals surface area contributed by atoms with Crippen molar-refractivity contribution in [3.63, 3.8) is 0 Å². The molecule has 158 valence electrons. The predicted octanol–water partition coefficient (Wildman–Crippen LogP) is 3.20. The Bertz CT molecular complexity index is 1080. The molecule has 1 aromatic heterocycles. The van der Waals surface area contributed by atoms with Crippen LogP contribution >= 0.6 is 0 Å². The molecule has 3 amide bonds. The van der Waals surface area contributed by atoms with Crippen LogP contribution in [0.25, 0.3) is 0 Å². The lowest BCUT2D eigenvalue weighted by Crippen LogP contribution is -2.51. The lowest BCUT2D eigenvalue weighted by molar-refractivity contribution is -0.138. The number of aromatic nitrogens is 2. The van der Waals surface area contributed by atoms with Crippen molar-refractivity contribution in [3.05, 3.63) is 84.2 Å². The van der Waals surface area contributed by atoms with Crippen LogP contribution in [0.4, 0.5) is 5.69 Å². The molecule has 7 heteroatoms. The Morgan fingerprint density at radius 1 is 1.13 bits per heavy atom. The Kier molecular flexibility index (Phi) is 5.66. The standard InChI is InChI=1S/C24H24N4O3/c1-2-24(14-13-20(29)27-23(24)31)18-9-11-19(12-10-18)26-22(30)21(28-16-6-15-25-28)17-7-4-3-5-8-17/h3-12,15-16,21H,2,13-14H2,1H3,(H,26,30)(H,27,29,31). The second-order valence-electron chi connectivity index (χ2n) is 7.68. The highest BCUT2D eigenvalue weighted by atomic mass is 16.2. The normalized spacial score (nSPS) is 19.5. The van der Waals surface area contributed by atoms with Gasteiger partial charge in [-0.1, -0.05) is 49.4 Å². The number of hydrogen-bond donors (Lipinski definition) is 2. The molecule has 2 aromatic carbocycles. The molecular weight excluding hydrogens is 392 g/mol. The number of rotatable bonds is 6. The third kappa shape index (κ3) is 3.99. The maximum absolute atomic E-state index is 13.1. The Morgan fingerprint density at radius 2 is 1.87 bits per heavy atom. The summed E-state index contributed by atoms with van der Waals surface area (Å²) in [5.41, 5.74) is 1.57. The molecular formula is C24H24N4O3. The predicted molar refractivity (Wildman–Crippen MR) is 116 cm³/mol. The quantitative estimate of drug-likeness (QED) is 0.604. The van der Waals surface area contributed by atoms with Gasteiger partial charge in [-0.2, -0.15) is 5.10 Å². The fourth-order valence-corrected chi connectivity index (χ4v) is 4.14. The monoisotopic (exact) mass is 416 g/mol. The summed E-state index contributed by atoms with van der Waals surface area (Å²) in [5.74, 6) is -0.705. The van der Waals surface area contributed by atoms with Gasteiger partial charge in [-0.15, -0.1) is 0 Å². The number of carbonyl (C=O) groups excluding carboxylic acids is 3. The topological polar surface area (TPSA) is 93.1 Å². The number of hydrogen-bond acceptors (Lipinski definition) is 4. The van der Waals surface area contributed by atoms with E-state index in [0.29, 0.717) is 24.9 Å². The van der Waals surface area contributed by atoms with Gasteiger partial charge in [0.15, 0.2) is 6.04 Å². The Labute approximate surface area is 180 Å². The van der Waals surface area contributed by atoms with Crippen molar-refractivity contribution in [3.8, 4) is 0 Å². The highest BCUT2D eigenvalue weighted by Gasteiger charge is 2.42. The van der Waals surface area contributed by atoms with E-state index >= 15 is 0 Å². The average Bonchev–Trinajstić information content (AvgIpc) is 3.30. The zero-order valence-electron chi connectivity index (χ0n) is 17.2. The summed E-state index contributed by atoms with van der Waals surface area (Å²) in [6.07, 6.45) is 4.79. The Balaban J connectivity index is 1.56. The minimum Gasteiger partial charge on any atom is -0.324 e. The molecule has 2 unspecified atom stereocenters. The number of benzene rings is 2. The summed E-state index contributed by atoms with van der Waals surface area (Å²) in [6.45, 7) is 1.94. The molecule has 2 N–H and O–H groups in total. The van der Waals surface area contributed by atoms with Gasteiger partial charge in [-0.3, -0.25) is 24.4 Å². The van der Waals surface area contributed by atoms with Gasteiger partial charge in [-0.05, 0) is 42.2 Å².